The topological polar surface area (TPSA) is 76.0 Å². The number of fused-ring (bicyclic) bond motifs is 1. The molecule has 6 nitrogen and oxygen atoms in total. The largest absolute Gasteiger partial charge is 0.348 e. The highest BCUT2D eigenvalue weighted by atomic mass is 16.2. The Labute approximate surface area is 159 Å². The zero-order chi connectivity index (χ0) is 19.0. The third-order valence-corrected chi connectivity index (χ3v) is 5.43. The van der Waals surface area contributed by atoms with Crippen LogP contribution in [0.1, 0.15) is 70.5 Å². The van der Waals surface area contributed by atoms with Gasteiger partial charge in [-0.3, -0.25) is 9.59 Å². The number of hydrogen-bond donors (Lipinski definition) is 2. The van der Waals surface area contributed by atoms with Crippen LogP contribution in [-0.4, -0.2) is 27.4 Å². The zero-order valence-corrected chi connectivity index (χ0v) is 16.0. The van der Waals surface area contributed by atoms with Gasteiger partial charge in [-0.25, -0.2) is 4.98 Å². The fourth-order valence-corrected chi connectivity index (χ4v) is 3.75. The molecule has 1 fully saturated rings. The van der Waals surface area contributed by atoms with Crippen LogP contribution in [-0.2, 0) is 19.4 Å². The first kappa shape index (κ1) is 17.8. The van der Waals surface area contributed by atoms with Gasteiger partial charge in [-0.05, 0) is 56.6 Å². The molecule has 2 N–H and O–H groups in total. The molecule has 1 aromatic carbocycles. The lowest BCUT2D eigenvalue weighted by atomic mass is 10.1. The van der Waals surface area contributed by atoms with E-state index < -0.39 is 0 Å². The van der Waals surface area contributed by atoms with E-state index in [1.165, 1.54) is 0 Å². The molecule has 27 heavy (non-hydrogen) atoms. The van der Waals surface area contributed by atoms with Gasteiger partial charge in [-0.1, -0.05) is 25.1 Å². The first-order valence-electron chi connectivity index (χ1n) is 9.88. The Morgan fingerprint density at radius 2 is 2.04 bits per heavy atom. The number of para-hydroxylation sites is 1. The molecule has 1 aliphatic carbocycles. The molecule has 2 aliphatic rings. The summed E-state index contributed by atoms with van der Waals surface area (Å²) >= 11 is 0. The van der Waals surface area contributed by atoms with Crippen molar-refractivity contribution in [2.24, 2.45) is 0 Å². The molecule has 0 saturated heterocycles. The van der Waals surface area contributed by atoms with E-state index in [0.717, 1.165) is 67.6 Å². The van der Waals surface area contributed by atoms with Gasteiger partial charge in [0, 0.05) is 18.3 Å². The Balaban J connectivity index is 1.66. The maximum absolute atomic E-state index is 13.1. The second kappa shape index (κ2) is 7.18. The molecule has 1 saturated carbocycles. The molecule has 2 heterocycles. The van der Waals surface area contributed by atoms with Crippen LogP contribution >= 0.6 is 0 Å². The van der Waals surface area contributed by atoms with Gasteiger partial charge in [-0.15, -0.1) is 0 Å². The number of nitrogens with zero attached hydrogens (tertiary/aromatic N) is 2. The third kappa shape index (κ3) is 3.48. The first-order chi connectivity index (χ1) is 13.1. The number of hydrogen-bond acceptors (Lipinski definition) is 3. The maximum Gasteiger partial charge on any atom is 0.291 e. The summed E-state index contributed by atoms with van der Waals surface area (Å²) < 4.78 is 1.94. The summed E-state index contributed by atoms with van der Waals surface area (Å²) in [4.78, 5) is 30.1. The molecule has 0 spiro atoms. The average Bonchev–Trinajstić information content (AvgIpc) is 3.40. The minimum Gasteiger partial charge on any atom is -0.348 e. The standard InChI is InChI=1S/C21H26N4O2/c1-3-14-8-6-7-13(2)17(14)24-21(27)19-23-18(20(26)22-15-10-11-15)16-9-4-5-12-25(16)19/h6-8,15H,3-5,9-12H2,1-2H3,(H,22,26)(H,24,27). The molecule has 142 valence electrons. The molecule has 0 radical (unpaired) electrons. The Bertz CT molecular complexity index is 896. The van der Waals surface area contributed by atoms with Gasteiger partial charge in [-0.2, -0.15) is 0 Å². The fourth-order valence-electron chi connectivity index (χ4n) is 3.75. The lowest BCUT2D eigenvalue weighted by Crippen LogP contribution is -2.27. The lowest BCUT2D eigenvalue weighted by Gasteiger charge is -2.18. The van der Waals surface area contributed by atoms with E-state index in [0.29, 0.717) is 11.5 Å². The van der Waals surface area contributed by atoms with E-state index in [4.69, 9.17) is 0 Å². The minimum atomic E-state index is -0.243. The van der Waals surface area contributed by atoms with Crippen LogP contribution in [0.3, 0.4) is 0 Å². The van der Waals surface area contributed by atoms with Gasteiger partial charge in [0.1, 0.15) is 5.69 Å². The van der Waals surface area contributed by atoms with Crippen LogP contribution in [0, 0.1) is 6.92 Å². The Hall–Kier alpha value is -2.63. The predicted octanol–water partition coefficient (Wildman–Crippen LogP) is 3.23. The van der Waals surface area contributed by atoms with E-state index in [-0.39, 0.29) is 17.9 Å². The summed E-state index contributed by atoms with van der Waals surface area (Å²) in [7, 11) is 0. The SMILES string of the molecule is CCc1cccc(C)c1NC(=O)c1nc(C(=O)NC2CC2)c2n1CCCC2. The monoisotopic (exact) mass is 366 g/mol. The van der Waals surface area contributed by atoms with Crippen LogP contribution < -0.4 is 10.6 Å². The highest BCUT2D eigenvalue weighted by molar-refractivity contribution is 6.04. The number of carbonyl (C=O) groups is 2. The third-order valence-electron chi connectivity index (χ3n) is 5.43. The molecule has 4 rings (SSSR count). The van der Waals surface area contributed by atoms with Crippen molar-refractivity contribution in [3.05, 3.63) is 46.5 Å². The van der Waals surface area contributed by atoms with Gasteiger partial charge in [0.2, 0.25) is 0 Å². The highest BCUT2D eigenvalue weighted by Gasteiger charge is 2.31. The normalized spacial score (nSPS) is 15.9. The molecular formula is C21H26N4O2. The van der Waals surface area contributed by atoms with Crippen molar-refractivity contribution in [1.82, 2.24) is 14.9 Å². The maximum atomic E-state index is 13.1. The minimum absolute atomic E-state index is 0.146. The summed E-state index contributed by atoms with van der Waals surface area (Å²) in [5.74, 6) is -0.0455. The molecule has 2 amide bonds. The summed E-state index contributed by atoms with van der Waals surface area (Å²) in [6, 6.07) is 6.29. The number of anilines is 1. The molecule has 1 aromatic heterocycles. The molecule has 1 aliphatic heterocycles. The number of nitrogens with one attached hydrogen (secondary N) is 2. The van der Waals surface area contributed by atoms with Crippen molar-refractivity contribution < 1.29 is 9.59 Å². The Kier molecular flexibility index (Phi) is 4.72. The first-order valence-corrected chi connectivity index (χ1v) is 9.88. The quantitative estimate of drug-likeness (QED) is 0.853. The molecule has 0 unspecified atom stereocenters. The number of amides is 2. The fraction of sp³-hybridized carbons (Fsp3) is 0.476. The van der Waals surface area contributed by atoms with Crippen molar-refractivity contribution in [2.45, 2.75) is 65.0 Å². The van der Waals surface area contributed by atoms with Gasteiger partial charge in [0.05, 0.1) is 5.69 Å². The lowest BCUT2D eigenvalue weighted by molar-refractivity contribution is 0.0945. The van der Waals surface area contributed by atoms with Gasteiger partial charge >= 0.3 is 0 Å². The Morgan fingerprint density at radius 3 is 2.78 bits per heavy atom. The van der Waals surface area contributed by atoms with Crippen molar-refractivity contribution in [1.29, 1.82) is 0 Å². The van der Waals surface area contributed by atoms with Crippen molar-refractivity contribution in [3.8, 4) is 0 Å². The highest BCUT2D eigenvalue weighted by Crippen LogP contribution is 2.26. The van der Waals surface area contributed by atoms with Crippen LogP contribution in [0.25, 0.3) is 0 Å². The molecule has 0 bridgehead atoms. The number of imidazole rings is 1. The van der Waals surface area contributed by atoms with E-state index >= 15 is 0 Å². The number of carbonyl (C=O) groups excluding carboxylic acids is 2. The summed E-state index contributed by atoms with van der Waals surface area (Å²) in [5, 5.41) is 6.05. The van der Waals surface area contributed by atoms with E-state index in [2.05, 4.69) is 22.5 Å². The van der Waals surface area contributed by atoms with Crippen LogP contribution in [0.2, 0.25) is 0 Å². The van der Waals surface area contributed by atoms with Crippen LogP contribution in [0.4, 0.5) is 5.69 Å². The van der Waals surface area contributed by atoms with Crippen molar-refractivity contribution >= 4 is 17.5 Å². The number of aryl methyl sites for hydroxylation is 2. The van der Waals surface area contributed by atoms with Crippen LogP contribution in [0.15, 0.2) is 18.2 Å². The summed E-state index contributed by atoms with van der Waals surface area (Å²) in [6.45, 7) is 4.79. The van der Waals surface area contributed by atoms with Gasteiger partial charge < -0.3 is 15.2 Å². The van der Waals surface area contributed by atoms with E-state index in [1.54, 1.807) is 0 Å². The Morgan fingerprint density at radius 1 is 1.22 bits per heavy atom. The number of aromatic nitrogens is 2. The second-order valence-electron chi connectivity index (χ2n) is 7.50. The number of benzene rings is 1. The smallest absolute Gasteiger partial charge is 0.291 e. The number of rotatable bonds is 5. The van der Waals surface area contributed by atoms with Crippen molar-refractivity contribution in [2.75, 3.05) is 5.32 Å². The summed E-state index contributed by atoms with van der Waals surface area (Å²) in [6.07, 6.45) is 5.71. The van der Waals surface area contributed by atoms with Crippen molar-refractivity contribution in [3.63, 3.8) is 0 Å². The second-order valence-corrected chi connectivity index (χ2v) is 7.50. The predicted molar refractivity (Wildman–Crippen MR) is 104 cm³/mol. The van der Waals surface area contributed by atoms with E-state index in [1.807, 2.05) is 29.7 Å². The van der Waals surface area contributed by atoms with E-state index in [9.17, 15) is 9.59 Å². The molecule has 6 heteroatoms. The zero-order valence-electron chi connectivity index (χ0n) is 16.0. The molecular weight excluding hydrogens is 340 g/mol. The molecule has 0 atom stereocenters. The van der Waals surface area contributed by atoms with Gasteiger partial charge in [0.25, 0.3) is 11.8 Å². The average molecular weight is 366 g/mol. The van der Waals surface area contributed by atoms with Crippen LogP contribution in [0.5, 0.6) is 0 Å². The van der Waals surface area contributed by atoms with Gasteiger partial charge in [0.15, 0.2) is 5.82 Å². The molecule has 2 aromatic rings. The summed E-state index contributed by atoms with van der Waals surface area (Å²) in [5.41, 5.74) is 4.29.